The average Bonchev–Trinajstić information content (AvgIpc) is 2.97. The molecule has 0 aromatic carbocycles. The molecule has 7 heteroatoms. The van der Waals surface area contributed by atoms with Crippen molar-refractivity contribution < 1.29 is 18.6 Å². The van der Waals surface area contributed by atoms with Crippen LogP contribution in [0.15, 0.2) is 18.7 Å². The first-order valence-corrected chi connectivity index (χ1v) is 9.79. The summed E-state index contributed by atoms with van der Waals surface area (Å²) in [7, 11) is -4.04. The van der Waals surface area contributed by atoms with Gasteiger partial charge in [0, 0.05) is 6.20 Å². The van der Waals surface area contributed by atoms with Crippen LogP contribution >= 0.6 is 7.82 Å². The molecule has 1 heterocycles. The first kappa shape index (κ1) is 19.2. The molecule has 0 radical (unpaired) electrons. The number of aromatic nitrogens is 2. The minimum atomic E-state index is -4.04. The van der Waals surface area contributed by atoms with E-state index in [9.17, 15) is 9.46 Å². The van der Waals surface area contributed by atoms with Crippen molar-refractivity contribution in [3.63, 3.8) is 0 Å². The fraction of sp³-hybridized carbons (Fsp3) is 0.800. The Balaban J connectivity index is 1.91. The van der Waals surface area contributed by atoms with E-state index in [2.05, 4.69) is 11.9 Å². The van der Waals surface area contributed by atoms with E-state index < -0.39 is 7.82 Å². The van der Waals surface area contributed by atoms with Gasteiger partial charge in [-0.2, -0.15) is 4.73 Å². The molecule has 0 fully saturated rings. The number of rotatable bonds is 14. The lowest BCUT2D eigenvalue weighted by atomic mass is 10.1. The van der Waals surface area contributed by atoms with Gasteiger partial charge in [-0.1, -0.05) is 64.7 Å². The van der Waals surface area contributed by atoms with Gasteiger partial charge in [0.05, 0.1) is 12.8 Å². The van der Waals surface area contributed by atoms with Crippen molar-refractivity contribution >= 4 is 7.82 Å². The van der Waals surface area contributed by atoms with Crippen molar-refractivity contribution in [2.75, 3.05) is 6.61 Å². The molecule has 0 aliphatic heterocycles. The molecule has 0 saturated heterocycles. The molecular weight excluding hydrogens is 303 g/mol. The summed E-state index contributed by atoms with van der Waals surface area (Å²) in [5, 5.41) is 0. The van der Waals surface area contributed by atoms with E-state index in [0.717, 1.165) is 24.0 Å². The highest BCUT2D eigenvalue weighted by molar-refractivity contribution is 7.47. The zero-order valence-electron chi connectivity index (χ0n) is 13.5. The van der Waals surface area contributed by atoms with Gasteiger partial charge < -0.3 is 4.62 Å². The fourth-order valence-corrected chi connectivity index (χ4v) is 2.95. The molecular formula is C15H29N2O4P. The SMILES string of the molecule is CCCCCCCCCCCCOP(=O)(O)On1ccnc1. The van der Waals surface area contributed by atoms with Crippen molar-refractivity contribution in [2.45, 2.75) is 71.1 Å². The van der Waals surface area contributed by atoms with Gasteiger partial charge >= 0.3 is 7.82 Å². The molecule has 1 unspecified atom stereocenters. The van der Waals surface area contributed by atoms with E-state index in [-0.39, 0.29) is 6.61 Å². The number of imidazole rings is 1. The molecule has 0 aliphatic carbocycles. The molecule has 22 heavy (non-hydrogen) atoms. The standard InChI is InChI=1S/C15H29N2O4P/c1-2-3-4-5-6-7-8-9-10-11-14-20-22(18,19)21-17-13-12-16-15-17/h12-13,15H,2-11,14H2,1H3,(H,18,19). The third-order valence-electron chi connectivity index (χ3n) is 3.43. The molecule has 1 atom stereocenters. The number of nitrogens with zero attached hydrogens (tertiary/aromatic N) is 2. The summed E-state index contributed by atoms with van der Waals surface area (Å²) in [5.41, 5.74) is 0. The van der Waals surface area contributed by atoms with Gasteiger partial charge in [0.15, 0.2) is 0 Å². The Bertz CT molecular complexity index is 412. The van der Waals surface area contributed by atoms with Gasteiger partial charge in [0.2, 0.25) is 0 Å². The molecule has 0 saturated carbocycles. The first-order valence-electron chi connectivity index (χ1n) is 8.29. The Kier molecular flexibility index (Phi) is 10.2. The van der Waals surface area contributed by atoms with E-state index >= 15 is 0 Å². The van der Waals surface area contributed by atoms with E-state index in [1.165, 1.54) is 63.7 Å². The lowest BCUT2D eigenvalue weighted by Crippen LogP contribution is -2.09. The molecule has 1 N–H and O–H groups in total. The van der Waals surface area contributed by atoms with E-state index in [1.54, 1.807) is 0 Å². The molecule has 6 nitrogen and oxygen atoms in total. The predicted octanol–water partition coefficient (Wildman–Crippen LogP) is 4.35. The maximum absolute atomic E-state index is 11.6. The summed E-state index contributed by atoms with van der Waals surface area (Å²) in [5.74, 6) is 0. The van der Waals surface area contributed by atoms with Crippen LogP contribution in [0, 0.1) is 0 Å². The zero-order chi connectivity index (χ0) is 16.1. The van der Waals surface area contributed by atoms with Gasteiger partial charge in [-0.15, -0.1) is 0 Å². The highest BCUT2D eigenvalue weighted by Crippen LogP contribution is 2.39. The van der Waals surface area contributed by atoms with Crippen LogP contribution in [0.3, 0.4) is 0 Å². The van der Waals surface area contributed by atoms with Crippen molar-refractivity contribution in [1.29, 1.82) is 0 Å². The second-order valence-electron chi connectivity index (χ2n) is 5.49. The monoisotopic (exact) mass is 332 g/mol. The number of phosphoric ester groups is 1. The highest BCUT2D eigenvalue weighted by Gasteiger charge is 2.22. The van der Waals surface area contributed by atoms with E-state index in [1.807, 2.05) is 0 Å². The van der Waals surface area contributed by atoms with E-state index in [4.69, 9.17) is 9.15 Å². The quantitative estimate of drug-likeness (QED) is 0.405. The molecule has 1 rings (SSSR count). The number of phosphoric acid groups is 1. The molecule has 0 amide bonds. The molecule has 0 spiro atoms. The second kappa shape index (κ2) is 11.7. The number of hydrogen-bond donors (Lipinski definition) is 1. The Morgan fingerprint density at radius 3 is 2.18 bits per heavy atom. The summed E-state index contributed by atoms with van der Waals surface area (Å²) < 4.78 is 22.4. The Hall–Kier alpha value is -0.840. The summed E-state index contributed by atoms with van der Waals surface area (Å²) in [6.07, 6.45) is 16.3. The van der Waals surface area contributed by atoms with Gasteiger partial charge in [0.1, 0.15) is 6.33 Å². The Morgan fingerprint density at radius 1 is 1.05 bits per heavy atom. The summed E-state index contributed by atoms with van der Waals surface area (Å²) in [4.78, 5) is 13.2. The molecule has 1 aromatic heterocycles. The van der Waals surface area contributed by atoms with Crippen LogP contribution in [0.1, 0.15) is 71.1 Å². The van der Waals surface area contributed by atoms with Crippen LogP contribution in [0.4, 0.5) is 0 Å². The van der Waals surface area contributed by atoms with Crippen LogP contribution < -0.4 is 4.62 Å². The van der Waals surface area contributed by atoms with E-state index in [0.29, 0.717) is 0 Å². The molecule has 1 aromatic rings. The van der Waals surface area contributed by atoms with Gasteiger partial charge in [-0.05, 0) is 6.42 Å². The average molecular weight is 332 g/mol. The fourth-order valence-electron chi connectivity index (χ4n) is 2.21. The topological polar surface area (TPSA) is 73.6 Å². The van der Waals surface area contributed by atoms with Crippen molar-refractivity contribution in [3.8, 4) is 0 Å². The molecule has 0 bridgehead atoms. The van der Waals surface area contributed by atoms with Crippen LogP contribution in [-0.4, -0.2) is 21.2 Å². The third kappa shape index (κ3) is 9.98. The lowest BCUT2D eigenvalue weighted by Gasteiger charge is -2.12. The maximum Gasteiger partial charge on any atom is 0.546 e. The summed E-state index contributed by atoms with van der Waals surface area (Å²) in [6.45, 7) is 2.47. The number of hydrogen-bond acceptors (Lipinski definition) is 4. The largest absolute Gasteiger partial charge is 0.546 e. The summed E-state index contributed by atoms with van der Waals surface area (Å²) in [6, 6.07) is 0. The van der Waals surface area contributed by atoms with Gasteiger partial charge in [-0.3, -0.25) is 9.42 Å². The second-order valence-corrected chi connectivity index (χ2v) is 6.85. The third-order valence-corrected chi connectivity index (χ3v) is 4.33. The Labute approximate surface area is 133 Å². The predicted molar refractivity (Wildman–Crippen MR) is 86.4 cm³/mol. The Morgan fingerprint density at radius 2 is 1.64 bits per heavy atom. The minimum Gasteiger partial charge on any atom is -0.310 e. The molecule has 0 aliphatic rings. The van der Waals surface area contributed by atoms with Crippen LogP contribution in [0.2, 0.25) is 0 Å². The molecule has 128 valence electrons. The van der Waals surface area contributed by atoms with Crippen molar-refractivity contribution in [2.24, 2.45) is 0 Å². The van der Waals surface area contributed by atoms with Crippen LogP contribution in [-0.2, 0) is 9.09 Å². The summed E-state index contributed by atoms with van der Waals surface area (Å²) >= 11 is 0. The van der Waals surface area contributed by atoms with Gasteiger partial charge in [0.25, 0.3) is 0 Å². The smallest absolute Gasteiger partial charge is 0.310 e. The number of unbranched alkanes of at least 4 members (excludes halogenated alkanes) is 9. The maximum atomic E-state index is 11.6. The van der Waals surface area contributed by atoms with Gasteiger partial charge in [-0.25, -0.2) is 9.55 Å². The highest BCUT2D eigenvalue weighted by atomic mass is 31.2. The lowest BCUT2D eigenvalue weighted by molar-refractivity contribution is 0.135. The van der Waals surface area contributed by atoms with Crippen LogP contribution in [0.5, 0.6) is 0 Å². The first-order chi connectivity index (χ1) is 10.6. The normalized spacial score (nSPS) is 13.9. The zero-order valence-corrected chi connectivity index (χ0v) is 14.4. The van der Waals surface area contributed by atoms with Crippen LogP contribution in [0.25, 0.3) is 0 Å². The van der Waals surface area contributed by atoms with Crippen molar-refractivity contribution in [3.05, 3.63) is 18.7 Å². The minimum absolute atomic E-state index is 0.235. The van der Waals surface area contributed by atoms with Crippen molar-refractivity contribution in [1.82, 2.24) is 9.71 Å².